The third kappa shape index (κ3) is 3.15. The number of nitrogens with one attached hydrogen (secondary N) is 1. The van der Waals surface area contributed by atoms with E-state index in [1.54, 1.807) is 18.2 Å². The number of hydrogen-bond donors (Lipinski definition) is 1. The molecule has 2 atom stereocenters. The van der Waals surface area contributed by atoms with Crippen LogP contribution in [0, 0.1) is 11.7 Å². The van der Waals surface area contributed by atoms with Crippen molar-refractivity contribution in [2.45, 2.75) is 31.6 Å². The van der Waals surface area contributed by atoms with Crippen LogP contribution in [0.2, 0.25) is 0 Å². The molecule has 120 valence electrons. The SMILES string of the molecule is O=C(NS(=O)(=O)N1CCCCC1)[C@@H]1C[C@H]1c1ccccc1F. The number of amides is 1. The molecule has 22 heavy (non-hydrogen) atoms. The molecule has 0 spiro atoms. The number of carbonyl (C=O) groups excluding carboxylic acids is 1. The van der Waals surface area contributed by atoms with Crippen molar-refractivity contribution in [3.8, 4) is 0 Å². The molecule has 1 heterocycles. The lowest BCUT2D eigenvalue weighted by Crippen LogP contribution is -2.46. The Morgan fingerprint density at radius 3 is 2.55 bits per heavy atom. The van der Waals surface area contributed by atoms with E-state index in [0.29, 0.717) is 25.1 Å². The lowest BCUT2D eigenvalue weighted by atomic mass is 10.1. The summed E-state index contributed by atoms with van der Waals surface area (Å²) in [5, 5.41) is 0. The number of nitrogens with zero attached hydrogens (tertiary/aromatic N) is 1. The zero-order valence-electron chi connectivity index (χ0n) is 12.2. The van der Waals surface area contributed by atoms with Crippen LogP contribution in [0.4, 0.5) is 4.39 Å². The first-order valence-corrected chi connectivity index (χ1v) is 8.99. The normalized spacial score (nSPS) is 25.7. The Labute approximate surface area is 129 Å². The number of piperidine rings is 1. The third-order valence-electron chi connectivity index (χ3n) is 4.32. The van der Waals surface area contributed by atoms with E-state index in [-0.39, 0.29) is 11.7 Å². The van der Waals surface area contributed by atoms with E-state index in [2.05, 4.69) is 4.72 Å². The van der Waals surface area contributed by atoms with Crippen LogP contribution in [0.25, 0.3) is 0 Å². The summed E-state index contributed by atoms with van der Waals surface area (Å²) in [6.07, 6.45) is 3.13. The van der Waals surface area contributed by atoms with Gasteiger partial charge in [-0.15, -0.1) is 0 Å². The smallest absolute Gasteiger partial charge is 0.274 e. The average molecular weight is 326 g/mol. The minimum Gasteiger partial charge on any atom is -0.274 e. The molecule has 2 aliphatic rings. The van der Waals surface area contributed by atoms with Crippen molar-refractivity contribution >= 4 is 16.1 Å². The van der Waals surface area contributed by atoms with Crippen LogP contribution < -0.4 is 4.72 Å². The van der Waals surface area contributed by atoms with Crippen molar-refractivity contribution < 1.29 is 17.6 Å². The third-order valence-corrected chi connectivity index (χ3v) is 5.82. The van der Waals surface area contributed by atoms with E-state index < -0.39 is 22.0 Å². The molecule has 0 radical (unpaired) electrons. The zero-order chi connectivity index (χ0) is 15.7. The van der Waals surface area contributed by atoms with Crippen LogP contribution in [0.15, 0.2) is 24.3 Å². The van der Waals surface area contributed by atoms with Gasteiger partial charge in [-0.25, -0.2) is 9.11 Å². The predicted molar refractivity (Wildman–Crippen MR) is 79.7 cm³/mol. The lowest BCUT2D eigenvalue weighted by Gasteiger charge is -2.25. The maximum absolute atomic E-state index is 13.7. The summed E-state index contributed by atoms with van der Waals surface area (Å²) >= 11 is 0. The summed E-state index contributed by atoms with van der Waals surface area (Å²) in [6, 6.07) is 6.31. The molecule has 7 heteroatoms. The van der Waals surface area contributed by atoms with Gasteiger partial charge in [0.15, 0.2) is 0 Å². The van der Waals surface area contributed by atoms with Crippen molar-refractivity contribution in [1.82, 2.24) is 9.03 Å². The largest absolute Gasteiger partial charge is 0.303 e. The Kier molecular flexibility index (Phi) is 4.18. The second-order valence-corrected chi connectivity index (χ2v) is 7.57. The summed E-state index contributed by atoms with van der Waals surface area (Å²) < 4.78 is 41.5. The molecule has 0 unspecified atom stereocenters. The van der Waals surface area contributed by atoms with Gasteiger partial charge in [0.25, 0.3) is 0 Å². The zero-order valence-corrected chi connectivity index (χ0v) is 13.0. The minimum absolute atomic E-state index is 0.224. The first-order chi connectivity index (χ1) is 10.5. The van der Waals surface area contributed by atoms with Crippen LogP contribution in [-0.4, -0.2) is 31.7 Å². The maximum Gasteiger partial charge on any atom is 0.303 e. The highest BCUT2D eigenvalue weighted by Gasteiger charge is 2.46. The molecule has 1 aromatic rings. The van der Waals surface area contributed by atoms with Gasteiger partial charge in [0.1, 0.15) is 5.82 Å². The van der Waals surface area contributed by atoms with Crippen LogP contribution >= 0.6 is 0 Å². The molecule has 3 rings (SSSR count). The average Bonchev–Trinajstić information content (AvgIpc) is 3.29. The minimum atomic E-state index is -3.76. The number of rotatable bonds is 4. The fourth-order valence-electron chi connectivity index (χ4n) is 2.98. The standard InChI is InChI=1S/C15H19FN2O3S/c16-14-7-3-2-6-11(14)12-10-13(12)15(19)17-22(20,21)18-8-4-1-5-9-18/h2-3,6-7,12-13H,1,4-5,8-10H2,(H,17,19)/t12-,13+/m0/s1. The van der Waals surface area contributed by atoms with Crippen LogP contribution in [-0.2, 0) is 15.0 Å². The number of carbonyl (C=O) groups is 1. The number of halogens is 1. The van der Waals surface area contributed by atoms with Crippen molar-refractivity contribution in [2.24, 2.45) is 5.92 Å². The van der Waals surface area contributed by atoms with Gasteiger partial charge in [-0.3, -0.25) is 4.79 Å². The molecule has 1 saturated heterocycles. The quantitative estimate of drug-likeness (QED) is 0.917. The van der Waals surface area contributed by atoms with E-state index in [1.165, 1.54) is 10.4 Å². The Morgan fingerprint density at radius 2 is 1.86 bits per heavy atom. The summed E-state index contributed by atoms with van der Waals surface area (Å²) in [7, 11) is -3.76. The molecular weight excluding hydrogens is 307 g/mol. The molecule has 1 saturated carbocycles. The van der Waals surface area contributed by atoms with Gasteiger partial charge in [0, 0.05) is 19.0 Å². The number of benzene rings is 1. The lowest BCUT2D eigenvalue weighted by molar-refractivity contribution is -0.120. The Balaban J connectivity index is 1.63. The second kappa shape index (κ2) is 5.96. The van der Waals surface area contributed by atoms with E-state index in [0.717, 1.165) is 19.3 Å². The van der Waals surface area contributed by atoms with Crippen molar-refractivity contribution in [3.05, 3.63) is 35.6 Å². The fraction of sp³-hybridized carbons (Fsp3) is 0.533. The van der Waals surface area contributed by atoms with Gasteiger partial charge >= 0.3 is 10.2 Å². The highest BCUT2D eigenvalue weighted by Crippen LogP contribution is 2.48. The summed E-state index contributed by atoms with van der Waals surface area (Å²) in [4.78, 5) is 12.1. The highest BCUT2D eigenvalue weighted by atomic mass is 32.2. The molecule has 2 fully saturated rings. The van der Waals surface area contributed by atoms with Crippen molar-refractivity contribution in [1.29, 1.82) is 0 Å². The van der Waals surface area contributed by atoms with Gasteiger partial charge in [0.05, 0.1) is 0 Å². The molecule has 1 aromatic carbocycles. The van der Waals surface area contributed by atoms with Crippen LogP contribution in [0.3, 0.4) is 0 Å². The van der Waals surface area contributed by atoms with Crippen molar-refractivity contribution in [2.75, 3.05) is 13.1 Å². The van der Waals surface area contributed by atoms with Gasteiger partial charge < -0.3 is 0 Å². The summed E-state index contributed by atoms with van der Waals surface area (Å²) in [5.74, 6) is -1.56. The topological polar surface area (TPSA) is 66.5 Å². The Hall–Kier alpha value is -1.47. The molecule has 0 bridgehead atoms. The van der Waals surface area contributed by atoms with Gasteiger partial charge in [-0.2, -0.15) is 12.7 Å². The predicted octanol–water partition coefficient (Wildman–Crippen LogP) is 1.78. The van der Waals surface area contributed by atoms with E-state index in [1.807, 2.05) is 0 Å². The van der Waals surface area contributed by atoms with Gasteiger partial charge in [0.2, 0.25) is 5.91 Å². The molecule has 5 nitrogen and oxygen atoms in total. The first-order valence-electron chi connectivity index (χ1n) is 7.55. The molecule has 1 N–H and O–H groups in total. The summed E-state index contributed by atoms with van der Waals surface area (Å²) in [6.45, 7) is 0.897. The Morgan fingerprint density at radius 1 is 1.18 bits per heavy atom. The molecule has 1 aliphatic carbocycles. The van der Waals surface area contributed by atoms with Gasteiger partial charge in [-0.1, -0.05) is 24.6 Å². The molecule has 1 aliphatic heterocycles. The van der Waals surface area contributed by atoms with Crippen LogP contribution in [0.5, 0.6) is 0 Å². The first kappa shape index (κ1) is 15.4. The van der Waals surface area contributed by atoms with E-state index >= 15 is 0 Å². The van der Waals surface area contributed by atoms with E-state index in [9.17, 15) is 17.6 Å². The fourth-order valence-corrected chi connectivity index (χ4v) is 4.25. The van der Waals surface area contributed by atoms with E-state index in [4.69, 9.17) is 0 Å². The monoisotopic (exact) mass is 326 g/mol. The van der Waals surface area contributed by atoms with Crippen molar-refractivity contribution in [3.63, 3.8) is 0 Å². The maximum atomic E-state index is 13.7. The molecule has 0 aromatic heterocycles. The Bertz CT molecular complexity index is 671. The summed E-state index contributed by atoms with van der Waals surface area (Å²) in [5.41, 5.74) is 0.484. The second-order valence-electron chi connectivity index (χ2n) is 5.90. The molecule has 1 amide bonds. The number of hydrogen-bond acceptors (Lipinski definition) is 3. The highest BCUT2D eigenvalue weighted by molar-refractivity contribution is 7.87. The van der Waals surface area contributed by atoms with Gasteiger partial charge in [-0.05, 0) is 36.8 Å². The van der Waals surface area contributed by atoms with Crippen LogP contribution in [0.1, 0.15) is 37.2 Å². The molecular formula is C15H19FN2O3S.